The van der Waals surface area contributed by atoms with Gasteiger partial charge in [-0.1, -0.05) is 49.7 Å². The lowest BCUT2D eigenvalue weighted by atomic mass is 9.97. The fraction of sp³-hybridized carbons (Fsp3) is 0.436. The number of ketones is 1. The summed E-state index contributed by atoms with van der Waals surface area (Å²) in [5.41, 5.74) is 5.51. The van der Waals surface area contributed by atoms with Gasteiger partial charge in [0, 0.05) is 53.1 Å². The predicted molar refractivity (Wildman–Crippen MR) is 205 cm³/mol. The Kier molecular flexibility index (Phi) is 15.1. The number of hydrogen-bond donors (Lipinski definition) is 2. The second-order valence-corrected chi connectivity index (χ2v) is 14.1. The number of carbonyl (C=O) groups is 4. The minimum Gasteiger partial charge on any atom is -0.349 e. The number of halogens is 4. The van der Waals surface area contributed by atoms with Gasteiger partial charge in [-0.3, -0.25) is 28.9 Å². The Hall–Kier alpha value is -4.63. The van der Waals surface area contributed by atoms with E-state index in [-0.39, 0.29) is 71.5 Å². The van der Waals surface area contributed by atoms with Crippen LogP contribution >= 0.6 is 15.9 Å². The summed E-state index contributed by atoms with van der Waals surface area (Å²) >= 11 is 2.90. The average Bonchev–Trinajstić information content (AvgIpc) is 3.14. The van der Waals surface area contributed by atoms with Gasteiger partial charge >= 0.3 is 6.18 Å². The monoisotopic (exact) mass is 816 g/mol. The summed E-state index contributed by atoms with van der Waals surface area (Å²) in [7, 11) is 1.36. The standard InChI is InChI=1S/C37H42BrF3N6O5.C2H6/c1-7-21(4)43-36-44-29-19-46(34(51)24-13-16-28(38)27(18-24)37(39,40)41)22(5)17-26(29)35(52)47(36)25-14-11-23(12-15-25)33(50)45(6)31(49)10-8-9-30(48)32(42)20(2)3;1-2/h7,11-16,18,20-22,32H,1,8-10,17,19,42H2,2-6H3,(H,43,44);1-2H3/t21-,22+,32?;/m0./s1. The molecule has 0 spiro atoms. The normalized spacial score (nSPS) is 15.0. The molecule has 0 radical (unpaired) electrons. The summed E-state index contributed by atoms with van der Waals surface area (Å²) in [6.07, 6.45) is -2.60. The van der Waals surface area contributed by atoms with E-state index in [1.54, 1.807) is 32.1 Å². The molecule has 3 atom stereocenters. The third-order valence-electron chi connectivity index (χ3n) is 9.06. The van der Waals surface area contributed by atoms with Gasteiger partial charge in [0.05, 0.1) is 29.5 Å². The molecule has 2 aromatic carbocycles. The summed E-state index contributed by atoms with van der Waals surface area (Å²) in [5, 5.41) is 3.13. The lowest BCUT2D eigenvalue weighted by Crippen LogP contribution is -2.46. The van der Waals surface area contributed by atoms with Gasteiger partial charge in [0.2, 0.25) is 11.9 Å². The molecule has 0 aliphatic carbocycles. The largest absolute Gasteiger partial charge is 0.417 e. The molecule has 15 heteroatoms. The Balaban J connectivity index is 0.00000385. The Labute approximate surface area is 321 Å². The van der Waals surface area contributed by atoms with Gasteiger partial charge in [0.15, 0.2) is 0 Å². The van der Waals surface area contributed by atoms with Gasteiger partial charge in [0.25, 0.3) is 17.4 Å². The Morgan fingerprint density at radius 1 is 1.07 bits per heavy atom. The first kappa shape index (κ1) is 43.8. The van der Waals surface area contributed by atoms with Crippen LogP contribution in [0.5, 0.6) is 0 Å². The maximum Gasteiger partial charge on any atom is 0.417 e. The molecular weight excluding hydrogens is 769 g/mol. The number of carbonyl (C=O) groups excluding carboxylic acids is 4. The van der Waals surface area contributed by atoms with Crippen LogP contribution in [0.3, 0.4) is 0 Å². The fourth-order valence-corrected chi connectivity index (χ4v) is 6.22. The van der Waals surface area contributed by atoms with Crippen molar-refractivity contribution in [2.45, 2.75) is 98.1 Å². The van der Waals surface area contributed by atoms with E-state index in [0.29, 0.717) is 16.9 Å². The van der Waals surface area contributed by atoms with E-state index in [9.17, 15) is 37.1 Å². The first-order valence-corrected chi connectivity index (χ1v) is 18.6. The molecule has 3 N–H and O–H groups in total. The molecule has 1 aromatic heterocycles. The maximum atomic E-state index is 14.1. The molecule has 0 saturated carbocycles. The number of imide groups is 1. The van der Waals surface area contributed by atoms with Crippen LogP contribution in [-0.2, 0) is 28.7 Å². The topological polar surface area (TPSA) is 148 Å². The van der Waals surface area contributed by atoms with Crippen molar-refractivity contribution in [2.24, 2.45) is 11.7 Å². The lowest BCUT2D eigenvalue weighted by Gasteiger charge is -2.35. The number of amides is 3. The summed E-state index contributed by atoms with van der Waals surface area (Å²) in [6, 6.07) is 7.84. The molecule has 2 heterocycles. The Bertz CT molecular complexity index is 1930. The highest BCUT2D eigenvalue weighted by molar-refractivity contribution is 9.10. The van der Waals surface area contributed by atoms with Crippen molar-refractivity contribution >= 4 is 45.4 Å². The minimum atomic E-state index is -4.67. The number of nitrogens with zero attached hydrogens (tertiary/aromatic N) is 4. The number of benzene rings is 2. The van der Waals surface area contributed by atoms with Crippen molar-refractivity contribution in [3.05, 3.63) is 97.9 Å². The van der Waals surface area contributed by atoms with E-state index < -0.39 is 47.1 Å². The number of hydrogen-bond acceptors (Lipinski definition) is 8. The molecule has 3 aromatic rings. The van der Waals surface area contributed by atoms with E-state index in [4.69, 9.17) is 10.7 Å². The zero-order valence-electron chi connectivity index (χ0n) is 31.6. The van der Waals surface area contributed by atoms with Crippen LogP contribution in [0.4, 0.5) is 19.1 Å². The van der Waals surface area contributed by atoms with E-state index in [1.807, 2.05) is 27.7 Å². The van der Waals surface area contributed by atoms with Crippen molar-refractivity contribution < 1.29 is 32.3 Å². The molecule has 1 aliphatic rings. The molecular formula is C39H48BrF3N6O5. The van der Waals surface area contributed by atoms with Crippen molar-refractivity contribution in [3.8, 4) is 5.69 Å². The number of anilines is 1. The third kappa shape index (κ3) is 10.1. The van der Waals surface area contributed by atoms with Crippen molar-refractivity contribution in [1.29, 1.82) is 0 Å². The molecule has 0 fully saturated rings. The summed E-state index contributed by atoms with van der Waals surface area (Å²) in [6.45, 7) is 14.8. The van der Waals surface area contributed by atoms with Gasteiger partial charge < -0.3 is 16.0 Å². The lowest BCUT2D eigenvalue weighted by molar-refractivity contribution is -0.138. The van der Waals surface area contributed by atoms with Crippen molar-refractivity contribution in [2.75, 3.05) is 12.4 Å². The van der Waals surface area contributed by atoms with Crippen LogP contribution in [-0.4, -0.2) is 68.0 Å². The number of nitrogens with one attached hydrogen (secondary N) is 1. The zero-order valence-corrected chi connectivity index (χ0v) is 33.2. The Morgan fingerprint density at radius 3 is 2.26 bits per heavy atom. The van der Waals surface area contributed by atoms with Crippen molar-refractivity contribution in [1.82, 2.24) is 19.4 Å². The highest BCUT2D eigenvalue weighted by Gasteiger charge is 2.36. The Morgan fingerprint density at radius 2 is 1.69 bits per heavy atom. The third-order valence-corrected chi connectivity index (χ3v) is 9.75. The van der Waals surface area contributed by atoms with E-state index in [1.165, 1.54) is 40.8 Å². The van der Waals surface area contributed by atoms with Gasteiger partial charge in [0.1, 0.15) is 5.78 Å². The van der Waals surface area contributed by atoms with E-state index >= 15 is 0 Å². The van der Waals surface area contributed by atoms with Gasteiger partial charge in [-0.05, 0) is 75.1 Å². The molecule has 292 valence electrons. The average molecular weight is 818 g/mol. The molecule has 0 saturated heterocycles. The molecule has 3 amide bonds. The number of fused-ring (bicyclic) bond motifs is 1. The van der Waals surface area contributed by atoms with Crippen molar-refractivity contribution in [3.63, 3.8) is 0 Å². The molecule has 4 rings (SSSR count). The minimum absolute atomic E-state index is 0.0112. The molecule has 11 nitrogen and oxygen atoms in total. The van der Waals surface area contributed by atoms with Crippen LogP contribution in [0.1, 0.15) is 98.3 Å². The van der Waals surface area contributed by atoms with Gasteiger partial charge in [-0.15, -0.1) is 6.58 Å². The quantitative estimate of drug-likeness (QED) is 0.187. The highest BCUT2D eigenvalue weighted by atomic mass is 79.9. The maximum absolute atomic E-state index is 14.1. The number of nitrogens with two attached hydrogens (primary N) is 1. The van der Waals surface area contributed by atoms with Crippen LogP contribution in [0.2, 0.25) is 0 Å². The number of Topliss-reactive ketones (excluding diaryl/α,β-unsaturated/α-hetero) is 1. The van der Waals surface area contributed by atoms with Crippen LogP contribution in [0.15, 0.2) is 64.4 Å². The second kappa shape index (κ2) is 18.6. The molecule has 1 unspecified atom stereocenters. The van der Waals surface area contributed by atoms with Crippen LogP contribution in [0, 0.1) is 5.92 Å². The van der Waals surface area contributed by atoms with Gasteiger partial charge in [-0.2, -0.15) is 13.2 Å². The number of alkyl halides is 3. The predicted octanol–water partition coefficient (Wildman–Crippen LogP) is 6.93. The summed E-state index contributed by atoms with van der Waals surface area (Å²) in [4.78, 5) is 72.8. The van der Waals surface area contributed by atoms with Gasteiger partial charge in [-0.25, -0.2) is 9.55 Å². The summed E-state index contributed by atoms with van der Waals surface area (Å²) in [5.74, 6) is -1.69. The SMILES string of the molecule is C=C[C@H](C)Nc1nc2c(c(=O)n1-c1ccc(C(=O)N(C)C(=O)CCCC(=O)C(N)C(C)C)cc1)C[C@@H](C)N(C(=O)c1ccc(Br)c(C(F)(F)F)c1)C2.CC. The highest BCUT2D eigenvalue weighted by Crippen LogP contribution is 2.36. The van der Waals surface area contributed by atoms with E-state index in [2.05, 4.69) is 27.8 Å². The van der Waals surface area contributed by atoms with E-state index in [0.717, 1.165) is 11.0 Å². The number of rotatable bonds is 12. The zero-order chi connectivity index (χ0) is 40.7. The smallest absolute Gasteiger partial charge is 0.349 e. The summed E-state index contributed by atoms with van der Waals surface area (Å²) < 4.78 is 41.9. The molecule has 0 bridgehead atoms. The molecule has 54 heavy (non-hydrogen) atoms. The van der Waals surface area contributed by atoms with Crippen LogP contribution in [0.25, 0.3) is 5.69 Å². The fourth-order valence-electron chi connectivity index (χ4n) is 5.75. The molecule has 1 aliphatic heterocycles. The first-order valence-electron chi connectivity index (χ1n) is 17.8. The first-order chi connectivity index (χ1) is 25.3. The second-order valence-electron chi connectivity index (χ2n) is 13.2. The van der Waals surface area contributed by atoms with Crippen LogP contribution < -0.4 is 16.6 Å². The number of aromatic nitrogens is 2.